The van der Waals surface area contributed by atoms with Gasteiger partial charge in [-0.05, 0) is 43.2 Å². The zero-order chi connectivity index (χ0) is 16.9. The molecule has 0 aliphatic rings. The quantitative estimate of drug-likeness (QED) is 0.727. The third kappa shape index (κ3) is 3.83. The van der Waals surface area contributed by atoms with Gasteiger partial charge in [0.05, 0.1) is 22.5 Å². The predicted octanol–water partition coefficient (Wildman–Crippen LogP) is 3.64. The third-order valence-corrected chi connectivity index (χ3v) is 3.86. The van der Waals surface area contributed by atoms with Crippen molar-refractivity contribution in [2.75, 3.05) is 5.32 Å². The summed E-state index contributed by atoms with van der Waals surface area (Å²) in [5.41, 5.74) is 1.62. The average Bonchev–Trinajstić information content (AvgIpc) is 3.00. The number of nitrogens with zero attached hydrogens (tertiary/aromatic N) is 2. The van der Waals surface area contributed by atoms with Gasteiger partial charge in [0.15, 0.2) is 0 Å². The maximum atomic E-state index is 14.0. The largest absolute Gasteiger partial charge is 0.320 e. The van der Waals surface area contributed by atoms with Gasteiger partial charge >= 0.3 is 0 Å². The predicted molar refractivity (Wildman–Crippen MR) is 91.4 cm³/mol. The van der Waals surface area contributed by atoms with Crippen molar-refractivity contribution in [3.63, 3.8) is 0 Å². The molecule has 0 fully saturated rings. The van der Waals surface area contributed by atoms with Crippen LogP contribution >= 0.6 is 11.3 Å². The minimum Gasteiger partial charge on any atom is -0.320 e. The second kappa shape index (κ2) is 7.02. The van der Waals surface area contributed by atoms with Crippen LogP contribution in [0.15, 0.2) is 48.1 Å². The Morgan fingerprint density at radius 3 is 2.88 bits per heavy atom. The van der Waals surface area contributed by atoms with E-state index in [-0.39, 0.29) is 5.56 Å². The van der Waals surface area contributed by atoms with Crippen LogP contribution in [0.25, 0.3) is 0 Å². The van der Waals surface area contributed by atoms with E-state index < -0.39 is 11.7 Å². The van der Waals surface area contributed by atoms with E-state index in [0.29, 0.717) is 16.9 Å². The van der Waals surface area contributed by atoms with Crippen LogP contribution in [0.4, 0.5) is 10.1 Å². The molecule has 1 amide bonds. The first-order valence-electron chi connectivity index (χ1n) is 7.07. The summed E-state index contributed by atoms with van der Waals surface area (Å²) < 4.78 is 14.0. The normalized spacial score (nSPS) is 9.92. The van der Waals surface area contributed by atoms with Crippen LogP contribution in [0.3, 0.4) is 0 Å². The molecular formula is C18H12FN3OS. The number of amides is 1. The van der Waals surface area contributed by atoms with Gasteiger partial charge in [0.1, 0.15) is 11.5 Å². The number of anilines is 1. The monoisotopic (exact) mass is 337 g/mol. The molecule has 0 saturated heterocycles. The molecule has 24 heavy (non-hydrogen) atoms. The number of hydrogen-bond donors (Lipinski definition) is 1. The summed E-state index contributed by atoms with van der Waals surface area (Å²) in [4.78, 5) is 20.4. The number of rotatable bonds is 2. The number of halogens is 1. The van der Waals surface area contributed by atoms with Crippen molar-refractivity contribution in [3.05, 3.63) is 75.8 Å². The zero-order valence-corrected chi connectivity index (χ0v) is 13.5. The van der Waals surface area contributed by atoms with E-state index in [1.165, 1.54) is 35.7 Å². The van der Waals surface area contributed by atoms with Crippen LogP contribution in [-0.4, -0.2) is 15.9 Å². The van der Waals surface area contributed by atoms with Crippen LogP contribution in [-0.2, 0) is 0 Å². The van der Waals surface area contributed by atoms with Gasteiger partial charge in [0.25, 0.3) is 5.91 Å². The molecule has 4 nitrogen and oxygen atoms in total. The van der Waals surface area contributed by atoms with E-state index in [1.807, 2.05) is 12.3 Å². The van der Waals surface area contributed by atoms with E-state index in [2.05, 4.69) is 27.1 Å². The van der Waals surface area contributed by atoms with Crippen molar-refractivity contribution in [3.8, 4) is 11.8 Å². The Kier molecular flexibility index (Phi) is 4.64. The van der Waals surface area contributed by atoms with Crippen LogP contribution in [0, 0.1) is 24.6 Å². The van der Waals surface area contributed by atoms with Crippen LogP contribution in [0.2, 0.25) is 0 Å². The molecule has 0 spiro atoms. The van der Waals surface area contributed by atoms with E-state index in [0.717, 1.165) is 5.01 Å². The number of carbonyl (C=O) groups is 1. The Morgan fingerprint density at radius 2 is 2.17 bits per heavy atom. The first-order chi connectivity index (χ1) is 11.6. The number of hydrogen-bond acceptors (Lipinski definition) is 4. The van der Waals surface area contributed by atoms with E-state index in [1.54, 1.807) is 18.3 Å². The van der Waals surface area contributed by atoms with Gasteiger partial charge in [-0.3, -0.25) is 9.78 Å². The number of thiazole rings is 1. The zero-order valence-electron chi connectivity index (χ0n) is 12.7. The SMILES string of the molecule is Cc1nc(C#Cc2ccc(F)c(C(=O)Nc3cccnc3)c2)cs1. The summed E-state index contributed by atoms with van der Waals surface area (Å²) in [7, 11) is 0. The lowest BCUT2D eigenvalue weighted by Crippen LogP contribution is -2.14. The third-order valence-electron chi connectivity index (χ3n) is 3.08. The van der Waals surface area contributed by atoms with Crippen molar-refractivity contribution in [2.45, 2.75) is 6.92 Å². The molecule has 6 heteroatoms. The smallest absolute Gasteiger partial charge is 0.258 e. The van der Waals surface area contributed by atoms with Gasteiger partial charge in [-0.15, -0.1) is 11.3 Å². The second-order valence-electron chi connectivity index (χ2n) is 4.89. The van der Waals surface area contributed by atoms with Gasteiger partial charge in [-0.25, -0.2) is 9.37 Å². The molecule has 0 bridgehead atoms. The minimum absolute atomic E-state index is 0.0693. The highest BCUT2D eigenvalue weighted by Gasteiger charge is 2.12. The summed E-state index contributed by atoms with van der Waals surface area (Å²) in [5.74, 6) is 4.65. The van der Waals surface area contributed by atoms with Gasteiger partial charge in [0, 0.05) is 17.1 Å². The molecule has 0 radical (unpaired) electrons. The van der Waals surface area contributed by atoms with Crippen molar-refractivity contribution in [1.82, 2.24) is 9.97 Å². The lowest BCUT2D eigenvalue weighted by atomic mass is 10.1. The van der Waals surface area contributed by atoms with Crippen LogP contribution < -0.4 is 5.32 Å². The molecule has 0 aliphatic carbocycles. The van der Waals surface area contributed by atoms with E-state index >= 15 is 0 Å². The van der Waals surface area contributed by atoms with Crippen molar-refractivity contribution < 1.29 is 9.18 Å². The number of benzene rings is 1. The molecule has 3 aromatic rings. The minimum atomic E-state index is -0.605. The van der Waals surface area contributed by atoms with Crippen LogP contribution in [0.1, 0.15) is 26.6 Å². The van der Waals surface area contributed by atoms with Gasteiger partial charge in [-0.1, -0.05) is 5.92 Å². The highest BCUT2D eigenvalue weighted by atomic mass is 32.1. The van der Waals surface area contributed by atoms with Crippen molar-refractivity contribution in [2.24, 2.45) is 0 Å². The molecule has 3 rings (SSSR count). The molecule has 2 heterocycles. The Labute approximate surface area is 142 Å². The number of aromatic nitrogens is 2. The van der Waals surface area contributed by atoms with Crippen LogP contribution in [0.5, 0.6) is 0 Å². The highest BCUT2D eigenvalue weighted by Crippen LogP contribution is 2.13. The maximum absolute atomic E-state index is 14.0. The summed E-state index contributed by atoms with van der Waals surface area (Å²) in [5, 5.41) is 5.38. The molecule has 1 aromatic carbocycles. The molecule has 118 valence electrons. The summed E-state index contributed by atoms with van der Waals surface area (Å²) in [6, 6.07) is 7.55. The summed E-state index contributed by atoms with van der Waals surface area (Å²) in [6.07, 6.45) is 3.08. The Bertz CT molecular complexity index is 942. The topological polar surface area (TPSA) is 54.9 Å². The fraction of sp³-hybridized carbons (Fsp3) is 0.0556. The van der Waals surface area contributed by atoms with Crippen molar-refractivity contribution in [1.29, 1.82) is 0 Å². The molecule has 0 saturated carbocycles. The maximum Gasteiger partial charge on any atom is 0.258 e. The lowest BCUT2D eigenvalue weighted by Gasteiger charge is -2.06. The van der Waals surface area contributed by atoms with Gasteiger partial charge in [-0.2, -0.15) is 0 Å². The number of carbonyl (C=O) groups excluding carboxylic acids is 1. The highest BCUT2D eigenvalue weighted by molar-refractivity contribution is 7.09. The first kappa shape index (κ1) is 15.8. The summed E-state index contributed by atoms with van der Waals surface area (Å²) in [6.45, 7) is 1.90. The Balaban J connectivity index is 1.84. The second-order valence-corrected chi connectivity index (χ2v) is 5.95. The molecule has 0 unspecified atom stereocenters. The van der Waals surface area contributed by atoms with Crippen molar-refractivity contribution >= 4 is 22.9 Å². The fourth-order valence-electron chi connectivity index (χ4n) is 1.97. The Morgan fingerprint density at radius 1 is 1.29 bits per heavy atom. The standard InChI is InChI=1S/C18H12FN3OS/c1-12-21-15(11-24-12)6-4-13-5-7-17(19)16(9-13)18(23)22-14-3-2-8-20-10-14/h2-3,5,7-11H,1H3,(H,22,23). The van der Waals surface area contributed by atoms with E-state index in [4.69, 9.17) is 0 Å². The molecule has 1 N–H and O–H groups in total. The average molecular weight is 337 g/mol. The van der Waals surface area contributed by atoms with Gasteiger partial charge < -0.3 is 5.32 Å². The first-order valence-corrected chi connectivity index (χ1v) is 7.95. The molecular weight excluding hydrogens is 325 g/mol. The summed E-state index contributed by atoms with van der Waals surface area (Å²) >= 11 is 1.51. The number of aryl methyl sites for hydroxylation is 1. The lowest BCUT2D eigenvalue weighted by molar-refractivity contribution is 0.102. The van der Waals surface area contributed by atoms with Gasteiger partial charge in [0.2, 0.25) is 0 Å². The van der Waals surface area contributed by atoms with E-state index in [9.17, 15) is 9.18 Å². The molecule has 0 atom stereocenters. The fourth-order valence-corrected chi connectivity index (χ4v) is 2.51. The number of nitrogens with one attached hydrogen (secondary N) is 1. The Hall–Kier alpha value is -3.04. The molecule has 0 aliphatic heterocycles. The molecule has 2 aromatic heterocycles. The number of pyridine rings is 1.